The number of carbonyl (C=O) groups excluding carboxylic acids is 2. The fourth-order valence-electron chi connectivity index (χ4n) is 2.11. The SMILES string of the molecule is CC(C)(C)OC(=O)N[C@H]1CNC[C@H](NC(=O)OC(C)(C)C)C1. The Kier molecular flexibility index (Phi) is 6.05. The molecule has 7 heteroatoms. The summed E-state index contributed by atoms with van der Waals surface area (Å²) in [6, 6.07) is -0.188. The van der Waals surface area contributed by atoms with Crippen LogP contribution >= 0.6 is 0 Å². The number of hydrogen-bond donors (Lipinski definition) is 3. The van der Waals surface area contributed by atoms with E-state index in [4.69, 9.17) is 9.47 Å². The van der Waals surface area contributed by atoms with Gasteiger partial charge in [0.15, 0.2) is 0 Å². The number of piperidine rings is 1. The van der Waals surface area contributed by atoms with Crippen LogP contribution < -0.4 is 16.0 Å². The van der Waals surface area contributed by atoms with Gasteiger partial charge in [-0.3, -0.25) is 0 Å². The van der Waals surface area contributed by atoms with Gasteiger partial charge in [-0.1, -0.05) is 0 Å². The maximum Gasteiger partial charge on any atom is 0.407 e. The molecule has 0 aromatic heterocycles. The molecule has 0 radical (unpaired) electrons. The van der Waals surface area contributed by atoms with Crippen LogP contribution in [0.1, 0.15) is 48.0 Å². The molecule has 0 saturated carbocycles. The molecule has 0 aromatic carbocycles. The summed E-state index contributed by atoms with van der Waals surface area (Å²) in [7, 11) is 0. The van der Waals surface area contributed by atoms with E-state index in [1.165, 1.54) is 0 Å². The number of rotatable bonds is 2. The lowest BCUT2D eigenvalue weighted by atomic mass is 10.0. The van der Waals surface area contributed by atoms with Gasteiger partial charge in [0, 0.05) is 25.2 Å². The molecule has 0 bridgehead atoms. The first-order valence-electron chi connectivity index (χ1n) is 7.64. The summed E-state index contributed by atoms with van der Waals surface area (Å²) < 4.78 is 10.5. The van der Waals surface area contributed by atoms with Gasteiger partial charge >= 0.3 is 12.2 Å². The first kappa shape index (κ1) is 18.5. The summed E-state index contributed by atoms with van der Waals surface area (Å²) in [6.45, 7) is 12.2. The Morgan fingerprint density at radius 1 is 0.864 bits per heavy atom. The van der Waals surface area contributed by atoms with E-state index < -0.39 is 23.4 Å². The second kappa shape index (κ2) is 7.17. The number of carbonyl (C=O) groups is 2. The molecule has 1 rings (SSSR count). The van der Waals surface area contributed by atoms with Gasteiger partial charge in [-0.15, -0.1) is 0 Å². The summed E-state index contributed by atoms with van der Waals surface area (Å²) in [6.07, 6.45) is -0.264. The molecule has 22 heavy (non-hydrogen) atoms. The molecule has 128 valence electrons. The van der Waals surface area contributed by atoms with Crippen molar-refractivity contribution in [1.29, 1.82) is 0 Å². The Bertz CT molecular complexity index is 363. The van der Waals surface area contributed by atoms with E-state index in [-0.39, 0.29) is 12.1 Å². The molecule has 7 nitrogen and oxygen atoms in total. The topological polar surface area (TPSA) is 88.7 Å². The van der Waals surface area contributed by atoms with E-state index in [0.717, 1.165) is 0 Å². The second-order valence-electron chi connectivity index (χ2n) is 7.58. The molecule has 0 spiro atoms. The zero-order valence-electron chi connectivity index (χ0n) is 14.4. The fourth-order valence-corrected chi connectivity index (χ4v) is 2.11. The van der Waals surface area contributed by atoms with Gasteiger partial charge in [0.2, 0.25) is 0 Å². The van der Waals surface area contributed by atoms with E-state index >= 15 is 0 Å². The molecule has 0 unspecified atom stereocenters. The Balaban J connectivity index is 2.41. The molecular weight excluding hydrogens is 286 g/mol. The molecule has 1 aliphatic rings. The third-order valence-corrected chi connectivity index (χ3v) is 2.79. The van der Waals surface area contributed by atoms with Gasteiger partial charge < -0.3 is 25.4 Å². The summed E-state index contributed by atoms with van der Waals surface area (Å²) in [5, 5.41) is 8.80. The van der Waals surface area contributed by atoms with Crippen LogP contribution in [0.15, 0.2) is 0 Å². The lowest BCUT2D eigenvalue weighted by Crippen LogP contribution is -2.56. The highest BCUT2D eigenvalue weighted by atomic mass is 16.6. The maximum atomic E-state index is 11.8. The lowest BCUT2D eigenvalue weighted by Gasteiger charge is -2.32. The summed E-state index contributed by atoms with van der Waals surface area (Å²) in [5.74, 6) is 0. The quantitative estimate of drug-likeness (QED) is 0.722. The van der Waals surface area contributed by atoms with Crippen LogP contribution in [0.5, 0.6) is 0 Å². The minimum absolute atomic E-state index is 0.0939. The minimum atomic E-state index is -0.527. The molecule has 1 aliphatic heterocycles. The van der Waals surface area contributed by atoms with E-state index in [1.54, 1.807) is 0 Å². The number of hydrogen-bond acceptors (Lipinski definition) is 5. The first-order valence-corrected chi connectivity index (χ1v) is 7.64. The van der Waals surface area contributed by atoms with Crippen molar-refractivity contribution in [3.05, 3.63) is 0 Å². The van der Waals surface area contributed by atoms with Crippen molar-refractivity contribution in [1.82, 2.24) is 16.0 Å². The highest BCUT2D eigenvalue weighted by Crippen LogP contribution is 2.10. The molecule has 1 heterocycles. The molecule has 2 amide bonds. The fraction of sp³-hybridized carbons (Fsp3) is 0.867. The molecule has 0 aliphatic carbocycles. The highest BCUT2D eigenvalue weighted by Gasteiger charge is 2.27. The van der Waals surface area contributed by atoms with Crippen molar-refractivity contribution in [3.8, 4) is 0 Å². The third-order valence-electron chi connectivity index (χ3n) is 2.79. The van der Waals surface area contributed by atoms with Crippen molar-refractivity contribution in [2.24, 2.45) is 0 Å². The van der Waals surface area contributed by atoms with E-state index in [0.29, 0.717) is 19.5 Å². The zero-order chi connectivity index (χ0) is 17.0. The van der Waals surface area contributed by atoms with Gasteiger partial charge in [-0.25, -0.2) is 9.59 Å². The van der Waals surface area contributed by atoms with Crippen molar-refractivity contribution < 1.29 is 19.1 Å². The molecule has 3 N–H and O–H groups in total. The second-order valence-corrected chi connectivity index (χ2v) is 7.58. The average molecular weight is 315 g/mol. The number of ether oxygens (including phenoxy) is 2. The Hall–Kier alpha value is -1.50. The smallest absolute Gasteiger partial charge is 0.407 e. The van der Waals surface area contributed by atoms with Crippen LogP contribution in [0.4, 0.5) is 9.59 Å². The van der Waals surface area contributed by atoms with Crippen LogP contribution in [0, 0.1) is 0 Å². The lowest BCUT2D eigenvalue weighted by molar-refractivity contribution is 0.0469. The van der Waals surface area contributed by atoms with Gasteiger partial charge in [0.05, 0.1) is 0 Å². The minimum Gasteiger partial charge on any atom is -0.444 e. The molecule has 1 fully saturated rings. The molecular formula is C15H29N3O4. The number of amides is 2. The van der Waals surface area contributed by atoms with Gasteiger partial charge in [0.1, 0.15) is 11.2 Å². The van der Waals surface area contributed by atoms with Crippen LogP contribution in [0.3, 0.4) is 0 Å². The Morgan fingerprint density at radius 3 is 1.55 bits per heavy atom. The van der Waals surface area contributed by atoms with Crippen molar-refractivity contribution in [2.75, 3.05) is 13.1 Å². The molecule has 2 atom stereocenters. The average Bonchev–Trinajstić information content (AvgIpc) is 2.22. The van der Waals surface area contributed by atoms with Crippen LogP contribution in [0.25, 0.3) is 0 Å². The molecule has 0 aromatic rings. The van der Waals surface area contributed by atoms with Crippen molar-refractivity contribution in [3.63, 3.8) is 0 Å². The summed E-state index contributed by atoms with van der Waals surface area (Å²) in [5.41, 5.74) is -1.05. The third kappa shape index (κ3) is 8.07. The van der Waals surface area contributed by atoms with Crippen molar-refractivity contribution >= 4 is 12.2 Å². The zero-order valence-corrected chi connectivity index (χ0v) is 14.4. The highest BCUT2D eigenvalue weighted by molar-refractivity contribution is 5.69. The van der Waals surface area contributed by atoms with E-state index in [9.17, 15) is 9.59 Å². The number of alkyl carbamates (subject to hydrolysis) is 2. The number of nitrogens with one attached hydrogen (secondary N) is 3. The summed E-state index contributed by atoms with van der Waals surface area (Å²) >= 11 is 0. The predicted molar refractivity (Wildman–Crippen MR) is 83.8 cm³/mol. The van der Waals surface area contributed by atoms with Crippen LogP contribution in [-0.2, 0) is 9.47 Å². The monoisotopic (exact) mass is 315 g/mol. The van der Waals surface area contributed by atoms with Crippen LogP contribution in [0.2, 0.25) is 0 Å². The van der Waals surface area contributed by atoms with E-state index in [1.807, 2.05) is 41.5 Å². The maximum absolute atomic E-state index is 11.8. The van der Waals surface area contributed by atoms with Crippen LogP contribution in [-0.4, -0.2) is 48.6 Å². The first-order chi connectivity index (χ1) is 9.94. The summed E-state index contributed by atoms with van der Waals surface area (Å²) in [4.78, 5) is 23.5. The molecule has 1 saturated heterocycles. The van der Waals surface area contributed by atoms with Crippen molar-refractivity contribution in [2.45, 2.75) is 71.2 Å². The predicted octanol–water partition coefficient (Wildman–Crippen LogP) is 1.77. The van der Waals surface area contributed by atoms with Gasteiger partial charge in [0.25, 0.3) is 0 Å². The standard InChI is InChI=1S/C15H29N3O4/c1-14(2,3)21-12(19)17-10-7-11(9-16-8-10)18-13(20)22-15(4,5)6/h10-11,16H,7-9H2,1-6H3,(H,17,19)(H,18,20)/t10-,11-/m1/s1. The largest absolute Gasteiger partial charge is 0.444 e. The van der Waals surface area contributed by atoms with E-state index in [2.05, 4.69) is 16.0 Å². The van der Waals surface area contributed by atoms with Gasteiger partial charge in [-0.2, -0.15) is 0 Å². The Labute approximate surface area is 132 Å². The normalized spacial score (nSPS) is 22.6. The van der Waals surface area contributed by atoms with Gasteiger partial charge in [-0.05, 0) is 48.0 Å². The Morgan fingerprint density at radius 2 is 1.23 bits per heavy atom.